The number of nitriles is 1. The summed E-state index contributed by atoms with van der Waals surface area (Å²) in [6.45, 7) is 6.32. The Bertz CT molecular complexity index is 1060. The van der Waals surface area contributed by atoms with Crippen LogP contribution in [0, 0.1) is 16.7 Å². The number of amidine groups is 1. The summed E-state index contributed by atoms with van der Waals surface area (Å²) < 4.78 is 0. The number of nitrogens with one attached hydrogen (secondary N) is 2. The lowest BCUT2D eigenvalue weighted by molar-refractivity contribution is -0.110. The Hall–Kier alpha value is -2.73. The predicted octanol–water partition coefficient (Wildman–Crippen LogP) is 3.43. The van der Waals surface area contributed by atoms with Crippen molar-refractivity contribution in [1.29, 1.82) is 5.26 Å². The van der Waals surface area contributed by atoms with Crippen LogP contribution in [-0.4, -0.2) is 71.8 Å². The van der Waals surface area contributed by atoms with Crippen molar-refractivity contribution in [2.45, 2.75) is 76.8 Å². The molecule has 1 aromatic carbocycles. The highest BCUT2D eigenvalue weighted by molar-refractivity contribution is 6.42. The molecule has 1 heterocycles. The van der Waals surface area contributed by atoms with E-state index in [1.165, 1.54) is 11.1 Å². The van der Waals surface area contributed by atoms with Gasteiger partial charge in [-0.1, -0.05) is 26.0 Å². The van der Waals surface area contributed by atoms with Gasteiger partial charge in [0.1, 0.15) is 6.04 Å². The molecule has 4 rings (SSSR count). The summed E-state index contributed by atoms with van der Waals surface area (Å²) in [4.78, 5) is 19.4. The van der Waals surface area contributed by atoms with E-state index in [2.05, 4.69) is 58.7 Å². The fraction of sp³-hybridized carbons (Fsp3) is 0.621. The summed E-state index contributed by atoms with van der Waals surface area (Å²) in [6.07, 6.45) is 9.62. The van der Waals surface area contributed by atoms with E-state index < -0.39 is 6.04 Å². The smallest absolute Gasteiger partial charge is 0.290 e. The van der Waals surface area contributed by atoms with Crippen molar-refractivity contribution in [3.8, 4) is 6.07 Å². The Morgan fingerprint density at radius 1 is 1.22 bits per heavy atom. The Balaban J connectivity index is 1.53. The molecule has 1 aliphatic heterocycles. The number of rotatable bonds is 9. The van der Waals surface area contributed by atoms with Gasteiger partial charge in [0.25, 0.3) is 5.91 Å². The zero-order valence-electron chi connectivity index (χ0n) is 22.2. The first-order valence-corrected chi connectivity index (χ1v) is 13.6. The fourth-order valence-corrected chi connectivity index (χ4v) is 5.85. The number of aliphatic hydroxyl groups excluding tert-OH is 2. The summed E-state index contributed by atoms with van der Waals surface area (Å²) in [7, 11) is 0. The van der Waals surface area contributed by atoms with Crippen LogP contribution in [0.15, 0.2) is 29.3 Å². The minimum Gasteiger partial charge on any atom is -0.395 e. The van der Waals surface area contributed by atoms with Crippen molar-refractivity contribution in [1.82, 2.24) is 10.2 Å². The number of allylic oxidation sites excluding steroid dienone is 2. The largest absolute Gasteiger partial charge is 0.395 e. The van der Waals surface area contributed by atoms with E-state index in [0.717, 1.165) is 56.2 Å². The minimum absolute atomic E-state index is 0.113. The molecule has 8 heteroatoms. The van der Waals surface area contributed by atoms with Crippen LogP contribution in [0.25, 0.3) is 5.57 Å². The molecule has 4 N–H and O–H groups in total. The van der Waals surface area contributed by atoms with Crippen molar-refractivity contribution < 1.29 is 15.0 Å². The first kappa shape index (κ1) is 27.3. The van der Waals surface area contributed by atoms with Gasteiger partial charge in [-0.25, -0.2) is 0 Å². The lowest BCUT2D eigenvalue weighted by Gasteiger charge is -2.37. The van der Waals surface area contributed by atoms with Crippen LogP contribution in [-0.2, 0) is 4.79 Å². The van der Waals surface area contributed by atoms with Gasteiger partial charge in [-0.2, -0.15) is 5.26 Å². The first-order chi connectivity index (χ1) is 17.8. The number of amides is 1. The van der Waals surface area contributed by atoms with Crippen LogP contribution in [0.1, 0.15) is 75.8 Å². The number of aliphatic hydroxyl groups is 2. The minimum atomic E-state index is -0.452. The summed E-state index contributed by atoms with van der Waals surface area (Å²) in [5.74, 6) is 0.355. The van der Waals surface area contributed by atoms with Gasteiger partial charge in [-0.05, 0) is 79.5 Å². The number of benzene rings is 1. The molecule has 0 saturated heterocycles. The third-order valence-electron chi connectivity index (χ3n) is 8.18. The van der Waals surface area contributed by atoms with Crippen molar-refractivity contribution in [2.75, 3.05) is 38.2 Å². The summed E-state index contributed by atoms with van der Waals surface area (Å²) in [5.41, 5.74) is 4.73. The fourth-order valence-electron chi connectivity index (χ4n) is 5.85. The molecule has 1 aromatic rings. The molecule has 1 fully saturated rings. The van der Waals surface area contributed by atoms with Gasteiger partial charge >= 0.3 is 0 Å². The molecule has 1 saturated carbocycles. The second kappa shape index (κ2) is 12.2. The van der Waals surface area contributed by atoms with Crippen LogP contribution in [0.5, 0.6) is 0 Å². The van der Waals surface area contributed by atoms with Crippen LogP contribution in [0.2, 0.25) is 0 Å². The third kappa shape index (κ3) is 6.78. The molecular formula is C29H41N5O3. The zero-order chi connectivity index (χ0) is 26.4. The monoisotopic (exact) mass is 507 g/mol. The number of aliphatic imine (C=N–C) groups is 1. The predicted molar refractivity (Wildman–Crippen MR) is 146 cm³/mol. The number of nitrogens with zero attached hydrogens (tertiary/aromatic N) is 3. The SMILES string of the molecule is CC1(C)CC=C(c2cc(C3CCC(N(CCO)CCO)CC3)ccc2NC(=O)C2=NCC(C#N)N2)CC1. The third-order valence-corrected chi connectivity index (χ3v) is 8.18. The normalized spacial score (nSPS) is 25.1. The van der Waals surface area contributed by atoms with Gasteiger partial charge in [-0.3, -0.25) is 14.7 Å². The topological polar surface area (TPSA) is 121 Å². The van der Waals surface area contributed by atoms with Crippen LogP contribution in [0.4, 0.5) is 5.69 Å². The van der Waals surface area contributed by atoms with Gasteiger partial charge in [-0.15, -0.1) is 0 Å². The first-order valence-electron chi connectivity index (χ1n) is 13.6. The Kier molecular flexibility index (Phi) is 9.01. The lowest BCUT2D eigenvalue weighted by Crippen LogP contribution is -2.41. The molecule has 0 radical (unpaired) electrons. The van der Waals surface area contributed by atoms with E-state index in [1.54, 1.807) is 0 Å². The standard InChI is InChI=1S/C29H41N5O3/c1-29(2)11-9-21(10-12-29)25-17-22(20-3-6-24(7-4-20)34(13-15-35)14-16-36)5-8-26(25)33-28(37)27-31-19-23(18-30)32-27/h5,8-9,17,20,23-24,35-36H,3-4,6-7,10-16,19H2,1-2H3,(H,31,32)(H,33,37). The number of hydrogen-bond acceptors (Lipinski definition) is 7. The molecule has 37 heavy (non-hydrogen) atoms. The van der Waals surface area contributed by atoms with E-state index in [0.29, 0.717) is 31.6 Å². The second-order valence-electron chi connectivity index (χ2n) is 11.4. The maximum Gasteiger partial charge on any atom is 0.290 e. The zero-order valence-corrected chi connectivity index (χ0v) is 22.2. The average molecular weight is 508 g/mol. The molecule has 1 amide bonds. The van der Waals surface area contributed by atoms with Crippen molar-refractivity contribution >= 4 is 23.0 Å². The number of anilines is 1. The van der Waals surface area contributed by atoms with Crippen molar-refractivity contribution in [3.63, 3.8) is 0 Å². The highest BCUT2D eigenvalue weighted by Gasteiger charge is 2.29. The van der Waals surface area contributed by atoms with E-state index in [4.69, 9.17) is 5.26 Å². The van der Waals surface area contributed by atoms with E-state index >= 15 is 0 Å². The molecule has 8 nitrogen and oxygen atoms in total. The van der Waals surface area contributed by atoms with Gasteiger partial charge in [0, 0.05) is 30.4 Å². The van der Waals surface area contributed by atoms with Crippen LogP contribution in [0.3, 0.4) is 0 Å². The Labute approximate surface area is 220 Å². The quantitative estimate of drug-likeness (QED) is 0.406. The number of hydrogen-bond donors (Lipinski definition) is 4. The van der Waals surface area contributed by atoms with Gasteiger partial charge < -0.3 is 20.8 Å². The number of carbonyl (C=O) groups excluding carboxylic acids is 1. The van der Waals surface area contributed by atoms with E-state index in [9.17, 15) is 15.0 Å². The van der Waals surface area contributed by atoms with Crippen molar-refractivity contribution in [2.24, 2.45) is 10.4 Å². The second-order valence-corrected chi connectivity index (χ2v) is 11.4. The lowest BCUT2D eigenvalue weighted by atomic mass is 9.76. The van der Waals surface area contributed by atoms with E-state index in [1.807, 2.05) is 6.07 Å². The molecule has 1 unspecified atom stereocenters. The summed E-state index contributed by atoms with van der Waals surface area (Å²) >= 11 is 0. The maximum atomic E-state index is 12.9. The highest BCUT2D eigenvalue weighted by atomic mass is 16.3. The summed E-state index contributed by atoms with van der Waals surface area (Å²) in [6, 6.07) is 8.48. The molecule has 0 aromatic heterocycles. The van der Waals surface area contributed by atoms with Crippen LogP contribution < -0.4 is 10.6 Å². The molecule has 1 atom stereocenters. The van der Waals surface area contributed by atoms with Gasteiger partial charge in [0.15, 0.2) is 5.84 Å². The maximum absolute atomic E-state index is 12.9. The molecular weight excluding hydrogens is 466 g/mol. The molecule has 0 spiro atoms. The van der Waals surface area contributed by atoms with Crippen molar-refractivity contribution in [3.05, 3.63) is 35.4 Å². The van der Waals surface area contributed by atoms with Crippen LogP contribution >= 0.6 is 0 Å². The summed E-state index contributed by atoms with van der Waals surface area (Å²) in [5, 5.41) is 33.9. The molecule has 3 aliphatic rings. The van der Waals surface area contributed by atoms with E-state index in [-0.39, 0.29) is 30.4 Å². The molecule has 2 aliphatic carbocycles. The Morgan fingerprint density at radius 3 is 2.54 bits per heavy atom. The highest BCUT2D eigenvalue weighted by Crippen LogP contribution is 2.42. The Morgan fingerprint density at radius 2 is 1.95 bits per heavy atom. The molecule has 0 bridgehead atoms. The molecule has 200 valence electrons. The van der Waals surface area contributed by atoms with Gasteiger partial charge in [0.2, 0.25) is 0 Å². The van der Waals surface area contributed by atoms with Gasteiger partial charge in [0.05, 0.1) is 25.8 Å². The average Bonchev–Trinajstić information content (AvgIpc) is 3.39. The number of carbonyl (C=O) groups is 1.